The summed E-state index contributed by atoms with van der Waals surface area (Å²) in [5.41, 5.74) is 21.5. The molecule has 68 heavy (non-hydrogen) atoms. The van der Waals surface area contributed by atoms with E-state index in [2.05, 4.69) is 277 Å². The van der Waals surface area contributed by atoms with E-state index in [4.69, 9.17) is 0 Å². The molecule has 322 valence electrons. The number of anilines is 3. The molecule has 0 saturated carbocycles. The number of rotatable bonds is 8. The second-order valence-electron chi connectivity index (χ2n) is 18.5. The van der Waals surface area contributed by atoms with Crippen LogP contribution in [-0.4, -0.2) is 9.13 Å². The summed E-state index contributed by atoms with van der Waals surface area (Å²) < 4.78 is 4.82. The SMILES string of the molecule is CC1(C)c2cc(-c3ccc4c(c3)c(-c3ccccc3)c(-c3ccccc3)n4-c3ccccc3)ccc2-c2ccc(N(c3ccccc3)c3ccc(-n4c5ccccc5c5ccccc54)cc3)cc21. The van der Waals surface area contributed by atoms with Crippen LogP contribution in [0.5, 0.6) is 0 Å². The Balaban J connectivity index is 0.904. The normalized spacial score (nSPS) is 12.7. The molecule has 1 aliphatic rings. The van der Waals surface area contributed by atoms with Crippen LogP contribution in [0, 0.1) is 0 Å². The monoisotopic (exact) mass is 869 g/mol. The highest BCUT2D eigenvalue weighted by Crippen LogP contribution is 2.52. The molecule has 0 spiro atoms. The van der Waals surface area contributed by atoms with Gasteiger partial charge in [0.05, 0.1) is 22.2 Å². The number of hydrogen-bond acceptors (Lipinski definition) is 1. The molecule has 2 aromatic heterocycles. The van der Waals surface area contributed by atoms with Crippen LogP contribution in [0.1, 0.15) is 25.0 Å². The van der Waals surface area contributed by atoms with Gasteiger partial charge in [0, 0.05) is 55.6 Å². The van der Waals surface area contributed by atoms with Crippen LogP contribution in [0.4, 0.5) is 17.1 Å². The summed E-state index contributed by atoms with van der Waals surface area (Å²) in [6, 6.07) is 91.0. The number of fused-ring (bicyclic) bond motifs is 7. The highest BCUT2D eigenvalue weighted by molar-refractivity contribution is 6.10. The average Bonchev–Trinajstić information content (AvgIpc) is 4.00. The minimum Gasteiger partial charge on any atom is -0.310 e. The van der Waals surface area contributed by atoms with Crippen LogP contribution in [-0.2, 0) is 5.41 Å². The fraction of sp³-hybridized carbons (Fsp3) is 0.0462. The average molecular weight is 870 g/mol. The Labute approximate surface area is 397 Å². The minimum absolute atomic E-state index is 0.240. The quantitative estimate of drug-likeness (QED) is 0.148. The Morgan fingerprint density at radius 2 is 0.794 bits per heavy atom. The smallest absolute Gasteiger partial charge is 0.0619 e. The second kappa shape index (κ2) is 15.8. The Bertz CT molecular complexity index is 3790. The summed E-state index contributed by atoms with van der Waals surface area (Å²) in [6.07, 6.45) is 0. The van der Waals surface area contributed by atoms with Gasteiger partial charge in [0.2, 0.25) is 0 Å². The van der Waals surface area contributed by atoms with Crippen LogP contribution < -0.4 is 4.90 Å². The van der Waals surface area contributed by atoms with E-state index in [0.717, 1.165) is 28.4 Å². The fourth-order valence-electron chi connectivity index (χ4n) is 11.1. The Morgan fingerprint density at radius 3 is 1.46 bits per heavy atom. The maximum Gasteiger partial charge on any atom is 0.0619 e. The molecule has 0 radical (unpaired) electrons. The van der Waals surface area contributed by atoms with Crippen molar-refractivity contribution in [1.82, 2.24) is 9.13 Å². The van der Waals surface area contributed by atoms with Gasteiger partial charge in [-0.25, -0.2) is 0 Å². The zero-order valence-corrected chi connectivity index (χ0v) is 38.0. The van der Waals surface area contributed by atoms with E-state index in [9.17, 15) is 0 Å². The van der Waals surface area contributed by atoms with Gasteiger partial charge < -0.3 is 14.0 Å². The van der Waals surface area contributed by atoms with Crippen molar-refractivity contribution >= 4 is 49.8 Å². The molecule has 0 fully saturated rings. The maximum atomic E-state index is 2.45. The standard InChI is InChI=1S/C65H47N3/c1-65(2)58-42-47(46-32-40-62-57(41-46)63(44-19-7-3-8-20-44)64(45-21-9-4-10-22-45)68(62)49-25-13-6-14-26-49)31-38-53(58)54-39-37-52(43-59(54)65)66(48-23-11-5-12-24-48)50-33-35-51(36-34-50)67-60-29-17-15-27-55(60)56-28-16-18-30-61(56)67/h3-43H,1-2H3. The molecule has 0 aliphatic heterocycles. The first-order chi connectivity index (χ1) is 33.5. The van der Waals surface area contributed by atoms with E-state index in [1.165, 1.54) is 88.5 Å². The molecule has 10 aromatic carbocycles. The molecule has 3 heteroatoms. The van der Waals surface area contributed by atoms with Crippen LogP contribution in [0.15, 0.2) is 249 Å². The van der Waals surface area contributed by atoms with Gasteiger partial charge in [-0.05, 0) is 136 Å². The van der Waals surface area contributed by atoms with Gasteiger partial charge >= 0.3 is 0 Å². The summed E-state index contributed by atoms with van der Waals surface area (Å²) >= 11 is 0. The maximum absolute atomic E-state index is 2.45. The van der Waals surface area contributed by atoms with Crippen molar-refractivity contribution in [2.45, 2.75) is 19.3 Å². The van der Waals surface area contributed by atoms with Crippen LogP contribution in [0.25, 0.3) is 88.7 Å². The molecule has 0 N–H and O–H groups in total. The van der Waals surface area contributed by atoms with E-state index >= 15 is 0 Å². The molecule has 0 bridgehead atoms. The van der Waals surface area contributed by atoms with Crippen molar-refractivity contribution in [2.75, 3.05) is 4.90 Å². The molecule has 2 heterocycles. The van der Waals surface area contributed by atoms with Gasteiger partial charge in [0.25, 0.3) is 0 Å². The summed E-state index contributed by atoms with van der Waals surface area (Å²) in [6.45, 7) is 4.78. The van der Waals surface area contributed by atoms with Crippen molar-refractivity contribution in [2.24, 2.45) is 0 Å². The van der Waals surface area contributed by atoms with Crippen molar-refractivity contribution in [1.29, 1.82) is 0 Å². The number of nitrogens with zero attached hydrogens (tertiary/aromatic N) is 3. The zero-order valence-electron chi connectivity index (χ0n) is 38.0. The number of benzene rings is 10. The van der Waals surface area contributed by atoms with Gasteiger partial charge in [-0.2, -0.15) is 0 Å². The van der Waals surface area contributed by atoms with Crippen LogP contribution in [0.2, 0.25) is 0 Å². The lowest BCUT2D eigenvalue weighted by molar-refractivity contribution is 0.660. The van der Waals surface area contributed by atoms with Crippen LogP contribution in [0.3, 0.4) is 0 Å². The molecule has 0 atom stereocenters. The number of hydrogen-bond donors (Lipinski definition) is 0. The Morgan fingerprint density at radius 1 is 0.324 bits per heavy atom. The minimum atomic E-state index is -0.240. The lowest BCUT2D eigenvalue weighted by atomic mass is 9.81. The zero-order chi connectivity index (χ0) is 45.3. The summed E-state index contributed by atoms with van der Waals surface area (Å²) in [7, 11) is 0. The third-order valence-corrected chi connectivity index (χ3v) is 14.3. The molecule has 1 aliphatic carbocycles. The number of para-hydroxylation sites is 4. The molecular formula is C65H47N3. The first-order valence-corrected chi connectivity index (χ1v) is 23.6. The van der Waals surface area contributed by atoms with Crippen molar-refractivity contribution < 1.29 is 0 Å². The van der Waals surface area contributed by atoms with Gasteiger partial charge in [-0.1, -0.05) is 172 Å². The molecular weight excluding hydrogens is 823 g/mol. The highest BCUT2D eigenvalue weighted by atomic mass is 15.1. The van der Waals surface area contributed by atoms with Crippen molar-refractivity contribution in [3.63, 3.8) is 0 Å². The molecule has 0 saturated heterocycles. The third kappa shape index (κ3) is 6.27. The lowest BCUT2D eigenvalue weighted by Crippen LogP contribution is -2.16. The van der Waals surface area contributed by atoms with Gasteiger partial charge in [0.1, 0.15) is 0 Å². The lowest BCUT2D eigenvalue weighted by Gasteiger charge is -2.28. The summed E-state index contributed by atoms with van der Waals surface area (Å²) in [5, 5.41) is 3.76. The topological polar surface area (TPSA) is 13.1 Å². The predicted molar refractivity (Wildman–Crippen MR) is 286 cm³/mol. The second-order valence-corrected chi connectivity index (χ2v) is 18.5. The Kier molecular flexibility index (Phi) is 9.19. The van der Waals surface area contributed by atoms with Crippen molar-refractivity contribution in [3.05, 3.63) is 260 Å². The highest BCUT2D eigenvalue weighted by Gasteiger charge is 2.36. The Hall–Kier alpha value is -8.66. The molecule has 3 nitrogen and oxygen atoms in total. The van der Waals surface area contributed by atoms with Crippen LogP contribution >= 0.6 is 0 Å². The fourth-order valence-corrected chi connectivity index (χ4v) is 11.1. The van der Waals surface area contributed by atoms with E-state index < -0.39 is 0 Å². The summed E-state index contributed by atoms with van der Waals surface area (Å²) in [4.78, 5) is 2.39. The van der Waals surface area contributed by atoms with Gasteiger partial charge in [0.15, 0.2) is 0 Å². The first-order valence-electron chi connectivity index (χ1n) is 23.6. The van der Waals surface area contributed by atoms with Gasteiger partial charge in [-0.3, -0.25) is 0 Å². The first kappa shape index (κ1) is 39.7. The predicted octanol–water partition coefficient (Wildman–Crippen LogP) is 17.5. The molecule has 0 unspecified atom stereocenters. The van der Waals surface area contributed by atoms with Crippen molar-refractivity contribution in [3.8, 4) is 56.0 Å². The van der Waals surface area contributed by atoms with Gasteiger partial charge in [-0.15, -0.1) is 0 Å². The van der Waals surface area contributed by atoms with E-state index in [1.807, 2.05) is 0 Å². The molecule has 12 aromatic rings. The number of aromatic nitrogens is 2. The van der Waals surface area contributed by atoms with E-state index in [0.29, 0.717) is 0 Å². The third-order valence-electron chi connectivity index (χ3n) is 14.3. The largest absolute Gasteiger partial charge is 0.310 e. The summed E-state index contributed by atoms with van der Waals surface area (Å²) in [5.74, 6) is 0. The molecule has 13 rings (SSSR count). The van der Waals surface area contributed by atoms with E-state index in [-0.39, 0.29) is 5.41 Å². The van der Waals surface area contributed by atoms with E-state index in [1.54, 1.807) is 0 Å². The molecule has 0 amide bonds.